The van der Waals surface area contributed by atoms with E-state index < -0.39 is 10.0 Å². The lowest BCUT2D eigenvalue weighted by Crippen LogP contribution is -2.26. The van der Waals surface area contributed by atoms with E-state index in [-0.39, 0.29) is 15.7 Å². The van der Waals surface area contributed by atoms with Crippen LogP contribution in [0, 0.1) is 0 Å². The van der Waals surface area contributed by atoms with Crippen LogP contribution in [-0.2, 0) is 10.0 Å². The summed E-state index contributed by atoms with van der Waals surface area (Å²) in [6, 6.07) is 1.28. The maximum absolute atomic E-state index is 11.7. The SMILES string of the molecule is CSCCNS(=O)(=O)c1cnc(N)c(Cl)c1. The molecule has 0 saturated carbocycles. The number of thioether (sulfide) groups is 1. The molecule has 90 valence electrons. The highest BCUT2D eigenvalue weighted by Gasteiger charge is 2.15. The zero-order chi connectivity index (χ0) is 12.2. The van der Waals surface area contributed by atoms with Gasteiger partial charge in [0.2, 0.25) is 10.0 Å². The van der Waals surface area contributed by atoms with Gasteiger partial charge in [-0.05, 0) is 12.3 Å². The second kappa shape index (κ2) is 5.72. The Morgan fingerprint density at radius 1 is 1.62 bits per heavy atom. The molecular weight excluding hydrogens is 270 g/mol. The topological polar surface area (TPSA) is 85.1 Å². The summed E-state index contributed by atoms with van der Waals surface area (Å²) in [5.74, 6) is 0.819. The van der Waals surface area contributed by atoms with Gasteiger partial charge in [-0.2, -0.15) is 11.8 Å². The average molecular weight is 282 g/mol. The number of nitrogens with two attached hydrogens (primary N) is 1. The third kappa shape index (κ3) is 3.51. The summed E-state index contributed by atoms with van der Waals surface area (Å²) in [7, 11) is -3.54. The van der Waals surface area contributed by atoms with Crippen LogP contribution < -0.4 is 10.5 Å². The molecule has 0 saturated heterocycles. The summed E-state index contributed by atoms with van der Waals surface area (Å²) in [5, 5.41) is 0.132. The van der Waals surface area contributed by atoms with Crippen molar-refractivity contribution in [2.24, 2.45) is 0 Å². The van der Waals surface area contributed by atoms with Gasteiger partial charge in [0.05, 0.1) is 5.02 Å². The van der Waals surface area contributed by atoms with Gasteiger partial charge in [-0.1, -0.05) is 11.6 Å². The van der Waals surface area contributed by atoms with E-state index in [4.69, 9.17) is 17.3 Å². The first kappa shape index (κ1) is 13.6. The van der Waals surface area contributed by atoms with Crippen molar-refractivity contribution in [1.82, 2.24) is 9.71 Å². The lowest BCUT2D eigenvalue weighted by molar-refractivity contribution is 0.584. The Bertz CT molecular complexity index is 464. The Morgan fingerprint density at radius 3 is 2.88 bits per heavy atom. The third-order valence-electron chi connectivity index (χ3n) is 1.75. The zero-order valence-electron chi connectivity index (χ0n) is 8.60. The molecule has 0 aliphatic heterocycles. The first-order valence-electron chi connectivity index (χ1n) is 4.37. The van der Waals surface area contributed by atoms with E-state index in [1.54, 1.807) is 11.8 Å². The third-order valence-corrected chi connectivity index (χ3v) is 4.10. The molecule has 0 amide bonds. The summed E-state index contributed by atoms with van der Waals surface area (Å²) in [5.41, 5.74) is 5.39. The van der Waals surface area contributed by atoms with Gasteiger partial charge < -0.3 is 5.73 Å². The molecule has 8 heteroatoms. The molecule has 0 radical (unpaired) electrons. The van der Waals surface area contributed by atoms with Crippen molar-refractivity contribution in [3.05, 3.63) is 17.3 Å². The van der Waals surface area contributed by atoms with Crippen LogP contribution in [0.25, 0.3) is 0 Å². The molecule has 1 heterocycles. The number of nitrogens with one attached hydrogen (secondary N) is 1. The maximum Gasteiger partial charge on any atom is 0.242 e. The number of sulfonamides is 1. The van der Waals surface area contributed by atoms with Gasteiger partial charge in [0.1, 0.15) is 10.7 Å². The quantitative estimate of drug-likeness (QED) is 0.785. The molecule has 0 aromatic carbocycles. The summed E-state index contributed by atoms with van der Waals surface area (Å²) < 4.78 is 25.9. The number of pyridine rings is 1. The standard InChI is InChI=1S/C8H12ClN3O2S2/c1-15-3-2-12-16(13,14)6-4-7(9)8(10)11-5-6/h4-5,12H,2-3H2,1H3,(H2,10,11). The van der Waals surface area contributed by atoms with Crippen molar-refractivity contribution >= 4 is 39.2 Å². The van der Waals surface area contributed by atoms with E-state index in [1.165, 1.54) is 12.3 Å². The van der Waals surface area contributed by atoms with Crippen LogP contribution in [0.2, 0.25) is 5.02 Å². The monoisotopic (exact) mass is 281 g/mol. The van der Waals surface area contributed by atoms with Crippen LogP contribution >= 0.6 is 23.4 Å². The number of nitrogen functional groups attached to an aromatic ring is 1. The van der Waals surface area contributed by atoms with Crippen molar-refractivity contribution in [3.63, 3.8) is 0 Å². The molecule has 3 N–H and O–H groups in total. The minimum Gasteiger partial charge on any atom is -0.382 e. The maximum atomic E-state index is 11.7. The fourth-order valence-corrected chi connectivity index (χ4v) is 2.61. The Balaban J connectivity index is 2.86. The van der Waals surface area contributed by atoms with Crippen molar-refractivity contribution in [2.75, 3.05) is 24.3 Å². The van der Waals surface area contributed by atoms with Gasteiger partial charge in [-0.25, -0.2) is 18.1 Å². The number of anilines is 1. The van der Waals surface area contributed by atoms with E-state index in [1.807, 2.05) is 6.26 Å². The highest BCUT2D eigenvalue weighted by molar-refractivity contribution is 7.98. The molecule has 0 aliphatic carbocycles. The van der Waals surface area contributed by atoms with Gasteiger partial charge in [0, 0.05) is 18.5 Å². The van der Waals surface area contributed by atoms with Crippen LogP contribution in [-0.4, -0.2) is 32.0 Å². The molecule has 16 heavy (non-hydrogen) atoms. The van der Waals surface area contributed by atoms with Crippen molar-refractivity contribution < 1.29 is 8.42 Å². The van der Waals surface area contributed by atoms with Gasteiger partial charge >= 0.3 is 0 Å². The average Bonchev–Trinajstić information content (AvgIpc) is 2.22. The number of halogens is 1. The van der Waals surface area contributed by atoms with Crippen LogP contribution in [0.15, 0.2) is 17.2 Å². The van der Waals surface area contributed by atoms with E-state index in [9.17, 15) is 8.42 Å². The van der Waals surface area contributed by atoms with Gasteiger partial charge in [-0.15, -0.1) is 0 Å². The molecule has 0 unspecified atom stereocenters. The minimum atomic E-state index is -3.54. The lowest BCUT2D eigenvalue weighted by atomic mass is 10.5. The van der Waals surface area contributed by atoms with Crippen LogP contribution in [0.1, 0.15) is 0 Å². The van der Waals surface area contributed by atoms with E-state index in [0.717, 1.165) is 0 Å². The number of rotatable bonds is 5. The Labute approximate surface area is 104 Å². The second-order valence-corrected chi connectivity index (χ2v) is 6.09. The first-order valence-corrected chi connectivity index (χ1v) is 7.62. The van der Waals surface area contributed by atoms with Crippen LogP contribution in [0.4, 0.5) is 5.82 Å². The van der Waals surface area contributed by atoms with Gasteiger partial charge in [0.25, 0.3) is 0 Å². The largest absolute Gasteiger partial charge is 0.382 e. The highest BCUT2D eigenvalue weighted by Crippen LogP contribution is 2.19. The Hall–Kier alpha value is -0.500. The molecule has 0 spiro atoms. The summed E-state index contributed by atoms with van der Waals surface area (Å²) >= 11 is 7.25. The fraction of sp³-hybridized carbons (Fsp3) is 0.375. The molecule has 5 nitrogen and oxygen atoms in total. The second-order valence-electron chi connectivity index (χ2n) is 2.93. The Kier molecular flexibility index (Phi) is 4.85. The fourth-order valence-electron chi connectivity index (χ4n) is 0.939. The number of aromatic nitrogens is 1. The van der Waals surface area contributed by atoms with Crippen molar-refractivity contribution in [1.29, 1.82) is 0 Å². The lowest BCUT2D eigenvalue weighted by Gasteiger charge is -2.06. The van der Waals surface area contributed by atoms with Crippen LogP contribution in [0.5, 0.6) is 0 Å². The molecule has 0 bridgehead atoms. The van der Waals surface area contributed by atoms with E-state index >= 15 is 0 Å². The van der Waals surface area contributed by atoms with Crippen molar-refractivity contribution in [2.45, 2.75) is 4.90 Å². The summed E-state index contributed by atoms with van der Waals surface area (Å²) in [4.78, 5) is 3.72. The van der Waals surface area contributed by atoms with Gasteiger partial charge in [-0.3, -0.25) is 0 Å². The predicted molar refractivity (Wildman–Crippen MR) is 67.2 cm³/mol. The number of hydrogen-bond donors (Lipinski definition) is 2. The molecule has 1 rings (SSSR count). The molecule has 1 aromatic rings. The number of nitrogens with zero attached hydrogens (tertiary/aromatic N) is 1. The molecule has 0 aliphatic rings. The number of hydrogen-bond acceptors (Lipinski definition) is 5. The first-order chi connectivity index (χ1) is 7.47. The Morgan fingerprint density at radius 2 is 2.31 bits per heavy atom. The van der Waals surface area contributed by atoms with Gasteiger partial charge in [0.15, 0.2) is 0 Å². The minimum absolute atomic E-state index is 0.0211. The highest BCUT2D eigenvalue weighted by atomic mass is 35.5. The van der Waals surface area contributed by atoms with E-state index in [2.05, 4.69) is 9.71 Å². The molecule has 0 atom stereocenters. The van der Waals surface area contributed by atoms with E-state index in [0.29, 0.717) is 12.3 Å². The molecular formula is C8H12ClN3O2S2. The normalized spacial score (nSPS) is 11.6. The molecule has 0 fully saturated rings. The summed E-state index contributed by atoms with van der Waals surface area (Å²) in [6.07, 6.45) is 3.08. The van der Waals surface area contributed by atoms with Crippen molar-refractivity contribution in [3.8, 4) is 0 Å². The smallest absolute Gasteiger partial charge is 0.242 e. The zero-order valence-corrected chi connectivity index (χ0v) is 11.0. The predicted octanol–water partition coefficient (Wildman–Crippen LogP) is 0.959. The van der Waals surface area contributed by atoms with Crippen LogP contribution in [0.3, 0.4) is 0 Å². The summed E-state index contributed by atoms with van der Waals surface area (Å²) in [6.45, 7) is 0.367. The molecule has 1 aromatic heterocycles.